The molecule has 2 atom stereocenters. The second kappa shape index (κ2) is 3.03. The van der Waals surface area contributed by atoms with E-state index in [0.29, 0.717) is 23.8 Å². The minimum atomic E-state index is 0.373. The van der Waals surface area contributed by atoms with Crippen LogP contribution in [-0.2, 0) is 0 Å². The Kier molecular flexibility index (Phi) is 2.45. The van der Waals surface area contributed by atoms with Crippen molar-refractivity contribution in [1.82, 2.24) is 0 Å². The lowest BCUT2D eigenvalue weighted by atomic mass is 10.1. The predicted octanol–water partition coefficient (Wildman–Crippen LogP) is 2.96. The maximum Gasteiger partial charge on any atom is 0.0294 e. The van der Waals surface area contributed by atoms with E-state index < -0.39 is 0 Å². The van der Waals surface area contributed by atoms with Crippen molar-refractivity contribution in [2.75, 3.05) is 11.9 Å². The normalized spacial score (nSPS) is 32.6. The first-order valence-corrected chi connectivity index (χ1v) is 4.83. The summed E-state index contributed by atoms with van der Waals surface area (Å²) >= 11 is 3.45. The Bertz CT molecular complexity index is 196. The van der Waals surface area contributed by atoms with Gasteiger partial charge < -0.3 is 0 Å². The van der Waals surface area contributed by atoms with Crippen LogP contribution in [0.1, 0.15) is 13.8 Å². The van der Waals surface area contributed by atoms with Crippen molar-refractivity contribution in [3.63, 3.8) is 0 Å². The molecular weight excluding hydrogens is 206 g/mol. The molecule has 1 aliphatic rings. The van der Waals surface area contributed by atoms with Gasteiger partial charge in [0.2, 0.25) is 0 Å². The maximum absolute atomic E-state index is 8.12. The Labute approximate surface area is 74.9 Å². The third-order valence-corrected chi connectivity index (χ3v) is 3.49. The number of rotatable bonds is 3. The Balaban J connectivity index is 2.45. The smallest absolute Gasteiger partial charge is 0.0294 e. The van der Waals surface area contributed by atoms with Gasteiger partial charge in [-0.15, -0.1) is 0 Å². The molecule has 4 heteroatoms. The van der Waals surface area contributed by atoms with E-state index in [1.165, 1.54) is 0 Å². The van der Waals surface area contributed by atoms with Crippen molar-refractivity contribution in [3.05, 3.63) is 10.4 Å². The first-order valence-electron chi connectivity index (χ1n) is 3.71. The van der Waals surface area contributed by atoms with E-state index in [1.54, 1.807) is 0 Å². The molecule has 0 amide bonds. The molecule has 1 rings (SSSR count). The highest BCUT2D eigenvalue weighted by Gasteiger charge is 2.55. The van der Waals surface area contributed by atoms with E-state index >= 15 is 0 Å². The molecule has 1 saturated carbocycles. The highest BCUT2D eigenvalue weighted by Crippen LogP contribution is 2.58. The standard InChI is InChI=1S/C7H12BrN3/c1-7(2)5(3-8)6(7)4-10-11-9/h5-6H,3-4H2,1-2H3/t5-,6+/m0/s1. The molecule has 1 fully saturated rings. The van der Waals surface area contributed by atoms with Crippen LogP contribution in [0.2, 0.25) is 0 Å². The summed E-state index contributed by atoms with van der Waals surface area (Å²) < 4.78 is 0. The average Bonchev–Trinajstić information content (AvgIpc) is 2.48. The molecule has 0 spiro atoms. The molecule has 0 aromatic carbocycles. The zero-order chi connectivity index (χ0) is 8.48. The Morgan fingerprint density at radius 3 is 2.55 bits per heavy atom. The molecule has 0 aliphatic heterocycles. The lowest BCUT2D eigenvalue weighted by molar-refractivity contribution is 0.549. The molecule has 0 aromatic heterocycles. The minimum absolute atomic E-state index is 0.373. The monoisotopic (exact) mass is 217 g/mol. The zero-order valence-electron chi connectivity index (χ0n) is 6.79. The van der Waals surface area contributed by atoms with Gasteiger partial charge in [-0.1, -0.05) is 34.9 Å². The number of hydrogen-bond acceptors (Lipinski definition) is 1. The molecule has 0 N–H and O–H groups in total. The summed E-state index contributed by atoms with van der Waals surface area (Å²) in [6.45, 7) is 5.09. The fraction of sp³-hybridized carbons (Fsp3) is 1.00. The van der Waals surface area contributed by atoms with Crippen LogP contribution >= 0.6 is 15.9 Å². The highest BCUT2D eigenvalue weighted by molar-refractivity contribution is 9.09. The third-order valence-electron chi connectivity index (χ3n) is 2.80. The van der Waals surface area contributed by atoms with Gasteiger partial charge >= 0.3 is 0 Å². The predicted molar refractivity (Wildman–Crippen MR) is 48.6 cm³/mol. The second-order valence-electron chi connectivity index (χ2n) is 3.60. The molecular formula is C7H12BrN3. The van der Waals surface area contributed by atoms with Crippen molar-refractivity contribution in [3.8, 4) is 0 Å². The van der Waals surface area contributed by atoms with Gasteiger partial charge in [0, 0.05) is 16.8 Å². The molecule has 3 nitrogen and oxygen atoms in total. The van der Waals surface area contributed by atoms with Gasteiger partial charge in [-0.2, -0.15) is 0 Å². The van der Waals surface area contributed by atoms with Gasteiger partial charge in [0.1, 0.15) is 0 Å². The van der Waals surface area contributed by atoms with Crippen LogP contribution in [-0.4, -0.2) is 11.9 Å². The SMILES string of the molecule is CC1(C)[C@H](CN=[N+]=[N-])[C@@H]1CBr. The first-order chi connectivity index (χ1) is 5.14. The fourth-order valence-electron chi connectivity index (χ4n) is 1.65. The van der Waals surface area contributed by atoms with E-state index in [0.717, 1.165) is 5.33 Å². The molecule has 0 unspecified atom stereocenters. The van der Waals surface area contributed by atoms with Crippen LogP contribution < -0.4 is 0 Å². The van der Waals surface area contributed by atoms with E-state index in [1.807, 2.05) is 0 Å². The molecule has 0 saturated heterocycles. The number of hydrogen-bond donors (Lipinski definition) is 0. The van der Waals surface area contributed by atoms with Crippen molar-refractivity contribution in [2.24, 2.45) is 22.4 Å². The van der Waals surface area contributed by atoms with Crippen LogP contribution in [0.15, 0.2) is 5.11 Å². The quantitative estimate of drug-likeness (QED) is 0.302. The van der Waals surface area contributed by atoms with Gasteiger partial charge in [0.25, 0.3) is 0 Å². The van der Waals surface area contributed by atoms with Crippen molar-refractivity contribution < 1.29 is 0 Å². The van der Waals surface area contributed by atoms with Crippen LogP contribution in [0, 0.1) is 17.3 Å². The number of nitrogens with zero attached hydrogens (tertiary/aromatic N) is 3. The second-order valence-corrected chi connectivity index (χ2v) is 4.25. The lowest BCUT2D eigenvalue weighted by Crippen LogP contribution is -1.92. The first kappa shape index (κ1) is 8.88. The highest BCUT2D eigenvalue weighted by atomic mass is 79.9. The largest absolute Gasteiger partial charge is 0.0937 e. The molecule has 62 valence electrons. The summed E-state index contributed by atoms with van der Waals surface area (Å²) in [6, 6.07) is 0. The Morgan fingerprint density at radius 1 is 1.55 bits per heavy atom. The Hall–Kier alpha value is -0.210. The van der Waals surface area contributed by atoms with E-state index in [4.69, 9.17) is 5.53 Å². The van der Waals surface area contributed by atoms with Crippen LogP contribution in [0.4, 0.5) is 0 Å². The summed E-state index contributed by atoms with van der Waals surface area (Å²) in [4.78, 5) is 2.76. The van der Waals surface area contributed by atoms with E-state index in [-0.39, 0.29) is 0 Å². The molecule has 11 heavy (non-hydrogen) atoms. The van der Waals surface area contributed by atoms with Gasteiger partial charge in [0.05, 0.1) is 0 Å². The topological polar surface area (TPSA) is 48.8 Å². The van der Waals surface area contributed by atoms with Crippen LogP contribution in [0.25, 0.3) is 10.4 Å². The molecule has 0 bridgehead atoms. The van der Waals surface area contributed by atoms with E-state index in [2.05, 4.69) is 39.8 Å². The van der Waals surface area contributed by atoms with Gasteiger partial charge in [-0.3, -0.25) is 0 Å². The summed E-state index contributed by atoms with van der Waals surface area (Å²) in [5.41, 5.74) is 8.49. The summed E-state index contributed by atoms with van der Waals surface area (Å²) in [5, 5.41) is 4.61. The zero-order valence-corrected chi connectivity index (χ0v) is 8.37. The maximum atomic E-state index is 8.12. The summed E-state index contributed by atoms with van der Waals surface area (Å²) in [7, 11) is 0. The van der Waals surface area contributed by atoms with E-state index in [9.17, 15) is 0 Å². The Morgan fingerprint density at radius 2 is 2.18 bits per heavy atom. The average molecular weight is 218 g/mol. The van der Waals surface area contributed by atoms with Crippen molar-refractivity contribution in [2.45, 2.75) is 13.8 Å². The fourth-order valence-corrected chi connectivity index (χ4v) is 2.94. The van der Waals surface area contributed by atoms with Gasteiger partial charge in [0.15, 0.2) is 0 Å². The van der Waals surface area contributed by atoms with Gasteiger partial charge in [-0.05, 0) is 22.8 Å². The number of alkyl halides is 1. The van der Waals surface area contributed by atoms with Crippen molar-refractivity contribution >= 4 is 15.9 Å². The van der Waals surface area contributed by atoms with Crippen LogP contribution in [0.3, 0.4) is 0 Å². The van der Waals surface area contributed by atoms with Gasteiger partial charge in [-0.25, -0.2) is 0 Å². The summed E-state index contributed by atoms with van der Waals surface area (Å²) in [5.74, 6) is 1.27. The lowest BCUT2D eigenvalue weighted by Gasteiger charge is -1.97. The molecule has 1 aliphatic carbocycles. The minimum Gasteiger partial charge on any atom is -0.0937 e. The molecule has 0 heterocycles. The molecule has 0 aromatic rings. The molecule has 0 radical (unpaired) electrons. The third kappa shape index (κ3) is 1.52. The summed E-state index contributed by atoms with van der Waals surface area (Å²) in [6.07, 6.45) is 0. The van der Waals surface area contributed by atoms with Crippen LogP contribution in [0.5, 0.6) is 0 Å². The number of halogens is 1. The number of azide groups is 1. The van der Waals surface area contributed by atoms with Crippen molar-refractivity contribution in [1.29, 1.82) is 0 Å².